The van der Waals surface area contributed by atoms with Crippen molar-refractivity contribution in [3.63, 3.8) is 0 Å². The number of aliphatic hydroxyl groups is 14. The smallest absolute Gasteiger partial charge is 0.187 e. The predicted octanol–water partition coefficient (Wildman–Crippen LogP) is -6.71. The van der Waals surface area contributed by atoms with Gasteiger partial charge in [-0.1, -0.05) is 0 Å². The molecular formula is C27H47O17+. The highest BCUT2D eigenvalue weighted by atomic mass is 16.7. The summed E-state index contributed by atoms with van der Waals surface area (Å²) < 4.78 is 28.0. The summed E-state index contributed by atoms with van der Waals surface area (Å²) in [6.45, 7) is -1.30. The molecule has 44 heavy (non-hydrogen) atoms. The van der Waals surface area contributed by atoms with Gasteiger partial charge in [0.2, 0.25) is 0 Å². The Morgan fingerprint density at radius 1 is 0.545 bits per heavy atom. The largest absolute Gasteiger partial charge is 0.427 e. The number of aliphatic hydroxyl groups excluding tert-OH is 12. The highest BCUT2D eigenvalue weighted by molar-refractivity contribution is 5.00. The Balaban J connectivity index is 1.33. The lowest BCUT2D eigenvalue weighted by molar-refractivity contribution is -0.363. The van der Waals surface area contributed by atoms with Crippen LogP contribution >= 0.6 is 0 Å². The summed E-state index contributed by atoms with van der Waals surface area (Å²) in [7, 11) is 0. The van der Waals surface area contributed by atoms with E-state index in [1.54, 1.807) is 0 Å². The molecule has 0 bridgehead atoms. The summed E-state index contributed by atoms with van der Waals surface area (Å²) in [4.78, 5) is 0. The van der Waals surface area contributed by atoms with Crippen LogP contribution in [-0.4, -0.2) is 189 Å². The van der Waals surface area contributed by atoms with Crippen molar-refractivity contribution >= 4 is 0 Å². The topological polar surface area (TPSA) is 292 Å². The number of ether oxygens (including phenoxy) is 5. The summed E-state index contributed by atoms with van der Waals surface area (Å²) in [5.41, 5.74) is 0. The Bertz CT molecular complexity index is 915. The Hall–Kier alpha value is -0.680. The molecule has 0 aromatic rings. The highest BCUT2D eigenvalue weighted by Gasteiger charge is 2.56. The SMILES string of the molecule is OCC1OC(OC2CC(O)C3CC(OC4OC(CO)C(O)C(O)C4O)C(C4CC(O)C(O)C(O)C4)[OH+]C3C2)C(O)C(O)C1O. The van der Waals surface area contributed by atoms with E-state index in [1.807, 2.05) is 0 Å². The molecule has 5 rings (SSSR count). The normalized spacial score (nSPS) is 55.4. The Morgan fingerprint density at radius 3 is 1.59 bits per heavy atom. The molecule has 5 fully saturated rings. The van der Waals surface area contributed by atoms with Crippen molar-refractivity contribution in [1.82, 2.24) is 0 Å². The van der Waals surface area contributed by atoms with Crippen LogP contribution in [0.1, 0.15) is 32.1 Å². The Labute approximate surface area is 252 Å². The summed E-state index contributed by atoms with van der Waals surface area (Å²) >= 11 is 0. The van der Waals surface area contributed by atoms with Crippen LogP contribution in [0.4, 0.5) is 0 Å². The zero-order valence-corrected chi connectivity index (χ0v) is 23.9. The summed E-state index contributed by atoms with van der Waals surface area (Å²) in [5.74, 6) is -1.03. The van der Waals surface area contributed by atoms with Gasteiger partial charge in [0.15, 0.2) is 24.8 Å². The zero-order valence-electron chi connectivity index (χ0n) is 23.9. The van der Waals surface area contributed by atoms with Crippen LogP contribution in [0.2, 0.25) is 0 Å². The fraction of sp³-hybridized carbons (Fsp3) is 1.00. The molecule has 13 N–H and O–H groups in total. The number of hydrogen-bond acceptors (Lipinski definition) is 16. The van der Waals surface area contributed by atoms with Crippen LogP contribution in [-0.2, 0) is 18.9 Å². The van der Waals surface area contributed by atoms with E-state index in [-0.39, 0.29) is 32.1 Å². The maximum Gasteiger partial charge on any atom is 0.187 e. The van der Waals surface area contributed by atoms with Crippen LogP contribution < -0.4 is 0 Å². The van der Waals surface area contributed by atoms with Crippen molar-refractivity contribution < 1.29 is 85.0 Å². The second-order valence-electron chi connectivity index (χ2n) is 12.8. The number of fused-ring (bicyclic) bond motifs is 1. The maximum absolute atomic E-state index is 11.2. The van der Waals surface area contributed by atoms with Gasteiger partial charge in [-0.15, -0.1) is 0 Å². The second-order valence-corrected chi connectivity index (χ2v) is 12.8. The van der Waals surface area contributed by atoms with E-state index in [1.165, 1.54) is 0 Å². The van der Waals surface area contributed by atoms with Gasteiger partial charge in [-0.05, 0) is 19.3 Å². The van der Waals surface area contributed by atoms with Gasteiger partial charge in [0.25, 0.3) is 0 Å². The van der Waals surface area contributed by atoms with E-state index in [0.29, 0.717) is 0 Å². The molecule has 5 aliphatic rings. The molecular weight excluding hydrogens is 596 g/mol. The van der Waals surface area contributed by atoms with Crippen molar-refractivity contribution in [2.75, 3.05) is 13.2 Å². The van der Waals surface area contributed by atoms with Crippen LogP contribution in [0, 0.1) is 11.8 Å². The van der Waals surface area contributed by atoms with E-state index < -0.39 is 135 Å². The van der Waals surface area contributed by atoms with Crippen LogP contribution in [0.25, 0.3) is 0 Å². The van der Waals surface area contributed by atoms with Crippen molar-refractivity contribution in [2.45, 2.75) is 142 Å². The third-order valence-electron chi connectivity index (χ3n) is 9.94. The van der Waals surface area contributed by atoms with E-state index in [2.05, 4.69) is 0 Å². The first-order valence-electron chi connectivity index (χ1n) is 15.2. The number of hydrogen-bond donors (Lipinski definition) is 12. The Morgan fingerprint density at radius 2 is 1.07 bits per heavy atom. The lowest BCUT2D eigenvalue weighted by atomic mass is 9.72. The van der Waals surface area contributed by atoms with Gasteiger partial charge in [0.05, 0.1) is 43.5 Å². The summed E-state index contributed by atoms with van der Waals surface area (Å²) in [5, 5.41) is 123. The second kappa shape index (κ2) is 14.2. The van der Waals surface area contributed by atoms with Gasteiger partial charge < -0.3 is 85.0 Å². The van der Waals surface area contributed by atoms with Gasteiger partial charge in [0, 0.05) is 18.8 Å². The molecule has 0 spiro atoms. The van der Waals surface area contributed by atoms with Gasteiger partial charge in [-0.2, -0.15) is 0 Å². The van der Waals surface area contributed by atoms with E-state index in [0.717, 1.165) is 0 Å². The standard InChI is InChI=1S/C27H46O17/c28-6-16-19(34)21(36)23(38)26(43-16)40-9-3-11(30)10-5-15(42-27-24(39)22(37)20(35)17(7-29)44-27)25(41-14(10)4-9)8-1-12(31)18(33)13(32)2-8/h8-39H,1-7H2/p+1. The molecule has 3 aliphatic heterocycles. The van der Waals surface area contributed by atoms with Crippen LogP contribution in [0.15, 0.2) is 0 Å². The van der Waals surface area contributed by atoms with E-state index in [4.69, 9.17) is 23.7 Å². The molecule has 3 saturated heterocycles. The van der Waals surface area contributed by atoms with Gasteiger partial charge >= 0.3 is 0 Å². The van der Waals surface area contributed by atoms with Gasteiger partial charge in [-0.3, -0.25) is 0 Å². The predicted molar refractivity (Wildman–Crippen MR) is 141 cm³/mol. The average molecular weight is 644 g/mol. The molecule has 2 aliphatic carbocycles. The van der Waals surface area contributed by atoms with Crippen molar-refractivity contribution in [1.29, 1.82) is 0 Å². The minimum absolute atomic E-state index is 0.0473. The minimum Gasteiger partial charge on any atom is -0.427 e. The first-order chi connectivity index (χ1) is 20.8. The molecule has 0 aromatic carbocycles. The molecule has 3 heterocycles. The quantitative estimate of drug-likeness (QED) is 0.115. The zero-order chi connectivity index (χ0) is 32.0. The first kappa shape index (κ1) is 34.6. The van der Waals surface area contributed by atoms with Crippen LogP contribution in [0.5, 0.6) is 0 Å². The van der Waals surface area contributed by atoms with E-state index >= 15 is 0 Å². The third kappa shape index (κ3) is 6.81. The molecule has 2 saturated carbocycles. The first-order valence-corrected chi connectivity index (χ1v) is 15.2. The fourth-order valence-electron chi connectivity index (χ4n) is 7.38. The highest BCUT2D eigenvalue weighted by Crippen LogP contribution is 2.43. The molecule has 17 heteroatoms. The monoisotopic (exact) mass is 643 g/mol. The summed E-state index contributed by atoms with van der Waals surface area (Å²) in [6.07, 6.45) is -22.4. The molecule has 18 atom stereocenters. The van der Waals surface area contributed by atoms with Gasteiger partial charge in [-0.25, -0.2) is 0 Å². The lowest BCUT2D eigenvalue weighted by Crippen LogP contribution is -2.64. The summed E-state index contributed by atoms with van der Waals surface area (Å²) in [6, 6.07) is 0. The lowest BCUT2D eigenvalue weighted by Gasteiger charge is -2.49. The van der Waals surface area contributed by atoms with Crippen molar-refractivity contribution in [2.24, 2.45) is 11.8 Å². The molecule has 256 valence electrons. The molecule has 0 aromatic heterocycles. The van der Waals surface area contributed by atoms with Gasteiger partial charge in [0.1, 0.15) is 61.0 Å². The molecule has 0 amide bonds. The van der Waals surface area contributed by atoms with Crippen LogP contribution in [0.3, 0.4) is 0 Å². The fourth-order valence-corrected chi connectivity index (χ4v) is 7.38. The van der Waals surface area contributed by atoms with Crippen molar-refractivity contribution in [3.8, 4) is 0 Å². The molecule has 17 nitrogen and oxygen atoms in total. The third-order valence-corrected chi connectivity index (χ3v) is 9.94. The van der Waals surface area contributed by atoms with Crippen molar-refractivity contribution in [3.05, 3.63) is 0 Å². The maximum atomic E-state index is 11.2. The molecule has 0 radical (unpaired) electrons. The number of rotatable bonds is 7. The minimum atomic E-state index is -1.69. The Kier molecular flexibility index (Phi) is 11.2. The average Bonchev–Trinajstić information content (AvgIpc) is 3.00. The molecule has 18 unspecified atom stereocenters. The van der Waals surface area contributed by atoms with E-state index in [9.17, 15) is 61.3 Å².